The third-order valence-corrected chi connectivity index (χ3v) is 6.67. The molecule has 5 rings (SSSR count). The number of halogens is 1. The van der Waals surface area contributed by atoms with Crippen LogP contribution in [0.25, 0.3) is 0 Å². The lowest BCUT2D eigenvalue weighted by molar-refractivity contribution is -0.118. The minimum atomic E-state index is -0.282. The summed E-state index contributed by atoms with van der Waals surface area (Å²) in [5.74, 6) is 0.438. The van der Waals surface area contributed by atoms with Crippen LogP contribution in [0.3, 0.4) is 0 Å². The molecule has 29 heavy (non-hydrogen) atoms. The van der Waals surface area contributed by atoms with Gasteiger partial charge in [-0.3, -0.25) is 4.79 Å². The average molecular weight is 406 g/mol. The molecule has 0 saturated heterocycles. The lowest BCUT2D eigenvalue weighted by Gasteiger charge is -2.18. The van der Waals surface area contributed by atoms with E-state index in [0.717, 1.165) is 29.9 Å². The molecule has 1 unspecified atom stereocenters. The van der Waals surface area contributed by atoms with Crippen LogP contribution in [-0.4, -0.2) is 16.8 Å². The zero-order chi connectivity index (χ0) is 19.8. The number of benzene rings is 2. The smallest absolute Gasteiger partial charge is 0.261 e. The van der Waals surface area contributed by atoms with Gasteiger partial charge >= 0.3 is 0 Å². The van der Waals surface area contributed by atoms with Gasteiger partial charge in [0.1, 0.15) is 24.1 Å². The third-order valence-electron chi connectivity index (χ3n) is 5.43. The summed E-state index contributed by atoms with van der Waals surface area (Å²) < 4.78 is 19.4. The largest absolute Gasteiger partial charge is 0.489 e. The van der Waals surface area contributed by atoms with E-state index < -0.39 is 0 Å². The van der Waals surface area contributed by atoms with E-state index in [1.54, 1.807) is 42.1 Å². The second-order valence-electron chi connectivity index (χ2n) is 7.32. The molecule has 6 heteroatoms. The third kappa shape index (κ3) is 3.53. The Labute approximate surface area is 172 Å². The number of nitrogens with zero attached hydrogens (tertiary/aromatic N) is 2. The fourth-order valence-electron chi connectivity index (χ4n) is 3.90. The molecule has 4 nitrogen and oxygen atoms in total. The summed E-state index contributed by atoms with van der Waals surface area (Å²) in [7, 11) is 0. The van der Waals surface area contributed by atoms with Crippen molar-refractivity contribution in [3.8, 4) is 5.75 Å². The summed E-state index contributed by atoms with van der Waals surface area (Å²) in [5.41, 5.74) is 2.52. The maximum Gasteiger partial charge on any atom is 0.261 e. The number of hydrogen-bond acceptors (Lipinski definition) is 4. The molecule has 2 aromatic carbocycles. The van der Waals surface area contributed by atoms with E-state index in [0.29, 0.717) is 17.1 Å². The minimum Gasteiger partial charge on any atom is -0.489 e. The Bertz CT molecular complexity index is 1070. The molecule has 1 amide bonds. The van der Waals surface area contributed by atoms with Gasteiger partial charge in [-0.1, -0.05) is 30.0 Å². The Hall–Kier alpha value is -2.73. The van der Waals surface area contributed by atoms with Gasteiger partial charge in [-0.25, -0.2) is 9.38 Å². The molecule has 1 aliphatic carbocycles. The number of aliphatic imine (C=N–C) groups is 2. The Balaban J connectivity index is 1.31. The highest BCUT2D eigenvalue weighted by Crippen LogP contribution is 2.47. The number of hydrogen-bond donors (Lipinski definition) is 0. The fourth-order valence-corrected chi connectivity index (χ4v) is 5.25. The molecule has 0 aromatic heterocycles. The van der Waals surface area contributed by atoms with E-state index in [1.807, 2.05) is 12.1 Å². The molecule has 2 heterocycles. The predicted molar refractivity (Wildman–Crippen MR) is 113 cm³/mol. The molecule has 0 saturated carbocycles. The van der Waals surface area contributed by atoms with Gasteiger partial charge in [-0.2, -0.15) is 4.99 Å². The van der Waals surface area contributed by atoms with Gasteiger partial charge in [0.15, 0.2) is 5.84 Å². The molecule has 3 aliphatic rings. The van der Waals surface area contributed by atoms with E-state index in [-0.39, 0.29) is 24.2 Å². The number of carbonyl (C=O) groups is 1. The van der Waals surface area contributed by atoms with Crippen molar-refractivity contribution in [3.05, 3.63) is 76.0 Å². The highest BCUT2D eigenvalue weighted by atomic mass is 32.2. The van der Waals surface area contributed by atoms with Gasteiger partial charge in [-0.15, -0.1) is 0 Å². The molecule has 146 valence electrons. The van der Waals surface area contributed by atoms with Crippen molar-refractivity contribution in [2.75, 3.05) is 0 Å². The van der Waals surface area contributed by atoms with Crippen LogP contribution in [0, 0.1) is 11.7 Å². The van der Waals surface area contributed by atoms with Gasteiger partial charge in [0.25, 0.3) is 5.91 Å². The Kier molecular flexibility index (Phi) is 4.79. The number of amides is 1. The first-order valence-corrected chi connectivity index (χ1v) is 10.6. The topological polar surface area (TPSA) is 51.0 Å². The second kappa shape index (κ2) is 7.59. The summed E-state index contributed by atoms with van der Waals surface area (Å²) in [5, 5.41) is 0.867. The van der Waals surface area contributed by atoms with Crippen LogP contribution in [-0.2, 0) is 11.4 Å². The van der Waals surface area contributed by atoms with Crippen LogP contribution in [0.2, 0.25) is 0 Å². The van der Waals surface area contributed by atoms with Crippen molar-refractivity contribution in [3.63, 3.8) is 0 Å². The fraction of sp³-hybridized carbons (Fsp3) is 0.261. The van der Waals surface area contributed by atoms with E-state index in [4.69, 9.17) is 9.73 Å². The molecular formula is C23H19FN2O2S. The predicted octanol–water partition coefficient (Wildman–Crippen LogP) is 5.28. The average Bonchev–Trinajstić information content (AvgIpc) is 3.12. The monoisotopic (exact) mass is 406 g/mol. The van der Waals surface area contributed by atoms with Crippen LogP contribution in [0.5, 0.6) is 5.75 Å². The van der Waals surface area contributed by atoms with Crippen molar-refractivity contribution in [2.24, 2.45) is 15.9 Å². The molecule has 2 aromatic rings. The highest BCUT2D eigenvalue weighted by Gasteiger charge is 2.40. The van der Waals surface area contributed by atoms with Crippen molar-refractivity contribution < 1.29 is 13.9 Å². The summed E-state index contributed by atoms with van der Waals surface area (Å²) in [6.45, 7) is 0.156. The lowest BCUT2D eigenvalue weighted by Crippen LogP contribution is -2.26. The number of rotatable bonds is 4. The van der Waals surface area contributed by atoms with E-state index in [9.17, 15) is 9.18 Å². The second-order valence-corrected chi connectivity index (χ2v) is 8.43. The summed E-state index contributed by atoms with van der Waals surface area (Å²) in [6, 6.07) is 13.8. The zero-order valence-electron chi connectivity index (χ0n) is 15.7. The van der Waals surface area contributed by atoms with Crippen LogP contribution in [0.1, 0.15) is 36.8 Å². The first-order valence-electron chi connectivity index (χ1n) is 9.76. The molecule has 0 N–H and O–H groups in total. The zero-order valence-corrected chi connectivity index (χ0v) is 16.5. The number of fused-ring (bicyclic) bond motifs is 2. The van der Waals surface area contributed by atoms with Gasteiger partial charge in [-0.05, 0) is 66.5 Å². The van der Waals surface area contributed by atoms with Crippen molar-refractivity contribution in [1.29, 1.82) is 0 Å². The standard InChI is InChI=1S/C23H19FN2O2S/c24-18-7-3-1-5-15(18)13-28-16-11-9-14(10-12-16)21-25-22(27)20-17-6-2-4-8-19(17)29-23(20)26-21/h1,3,5,7,9-12,20H,2,4,6,8,13H2. The van der Waals surface area contributed by atoms with E-state index in [2.05, 4.69) is 4.99 Å². The maximum absolute atomic E-state index is 13.7. The summed E-state index contributed by atoms with van der Waals surface area (Å²) in [6.07, 6.45) is 4.35. The van der Waals surface area contributed by atoms with E-state index in [1.165, 1.54) is 23.0 Å². The Morgan fingerprint density at radius 1 is 1.03 bits per heavy atom. The maximum atomic E-state index is 13.7. The number of ether oxygens (including phenoxy) is 1. The molecule has 0 fully saturated rings. The minimum absolute atomic E-state index is 0.107. The van der Waals surface area contributed by atoms with Crippen molar-refractivity contribution in [1.82, 2.24) is 0 Å². The van der Waals surface area contributed by atoms with Crippen LogP contribution >= 0.6 is 11.8 Å². The first kappa shape index (κ1) is 18.3. The summed E-state index contributed by atoms with van der Waals surface area (Å²) in [4.78, 5) is 23.0. The molecular weight excluding hydrogens is 387 g/mol. The molecule has 0 spiro atoms. The van der Waals surface area contributed by atoms with Gasteiger partial charge in [0.2, 0.25) is 0 Å². The van der Waals surface area contributed by atoms with E-state index >= 15 is 0 Å². The highest BCUT2D eigenvalue weighted by molar-refractivity contribution is 8.17. The first-order chi connectivity index (χ1) is 14.2. The lowest BCUT2D eigenvalue weighted by atomic mass is 9.89. The molecule has 2 aliphatic heterocycles. The quantitative estimate of drug-likeness (QED) is 0.694. The molecule has 0 bridgehead atoms. The molecule has 1 atom stereocenters. The van der Waals surface area contributed by atoms with Crippen LogP contribution in [0.15, 0.2) is 69.0 Å². The Morgan fingerprint density at radius 2 is 1.83 bits per heavy atom. The number of allylic oxidation sites excluding steroid dienone is 1. The van der Waals surface area contributed by atoms with Gasteiger partial charge < -0.3 is 4.74 Å². The number of thioether (sulfide) groups is 1. The SMILES string of the molecule is O=C1N=C(c2ccc(OCc3ccccc3F)cc2)N=C2SC3=C(CCCC3)C12. The summed E-state index contributed by atoms with van der Waals surface area (Å²) >= 11 is 1.66. The van der Waals surface area contributed by atoms with Crippen LogP contribution < -0.4 is 4.74 Å². The van der Waals surface area contributed by atoms with Crippen molar-refractivity contribution >= 4 is 28.5 Å². The number of amidine groups is 1. The molecule has 0 radical (unpaired) electrons. The van der Waals surface area contributed by atoms with Crippen LogP contribution in [0.4, 0.5) is 4.39 Å². The van der Waals surface area contributed by atoms with Crippen molar-refractivity contribution in [2.45, 2.75) is 32.3 Å². The number of carbonyl (C=O) groups excluding carboxylic acids is 1. The van der Waals surface area contributed by atoms with Gasteiger partial charge in [0.05, 0.1) is 5.04 Å². The van der Waals surface area contributed by atoms with Gasteiger partial charge in [0, 0.05) is 11.1 Å². The Morgan fingerprint density at radius 3 is 2.66 bits per heavy atom. The normalized spacial score (nSPS) is 20.7.